The number of terminal acetylenes is 1. The molecular formula is C27H26F3N5O5. The predicted octanol–water partition coefficient (Wildman–Crippen LogP) is 2.12. The number of aliphatic carboxylic acids is 1. The van der Waals surface area contributed by atoms with Gasteiger partial charge in [0.1, 0.15) is 12.2 Å². The van der Waals surface area contributed by atoms with Gasteiger partial charge in [0.2, 0.25) is 11.8 Å². The number of carbonyl (C=O) groups is 4. The normalized spacial score (nSPS) is 19.7. The van der Waals surface area contributed by atoms with Gasteiger partial charge in [-0.15, -0.1) is 6.42 Å². The number of piperazine rings is 1. The first kappa shape index (κ1) is 28.4. The maximum atomic E-state index is 13.5. The van der Waals surface area contributed by atoms with Crippen molar-refractivity contribution in [2.45, 2.75) is 37.9 Å². The summed E-state index contributed by atoms with van der Waals surface area (Å²) in [6, 6.07) is 11.3. The number of nitrogens with zero attached hydrogens (tertiary/aromatic N) is 4. The molecule has 2 aliphatic rings. The third-order valence-corrected chi connectivity index (χ3v) is 6.59. The Morgan fingerprint density at radius 1 is 1.07 bits per heavy atom. The zero-order valence-electron chi connectivity index (χ0n) is 21.2. The van der Waals surface area contributed by atoms with Gasteiger partial charge in [0.05, 0.1) is 31.6 Å². The van der Waals surface area contributed by atoms with E-state index in [1.807, 2.05) is 6.07 Å². The van der Waals surface area contributed by atoms with Gasteiger partial charge in [-0.05, 0) is 23.3 Å². The molecule has 10 nitrogen and oxygen atoms in total. The van der Waals surface area contributed by atoms with Crippen LogP contribution in [0.15, 0.2) is 54.6 Å². The van der Waals surface area contributed by atoms with Gasteiger partial charge in [0.15, 0.2) is 0 Å². The molecule has 2 aliphatic heterocycles. The lowest BCUT2D eigenvalue weighted by molar-refractivity contribution is -0.190. The molecular weight excluding hydrogens is 531 g/mol. The van der Waals surface area contributed by atoms with Crippen LogP contribution in [-0.4, -0.2) is 80.6 Å². The fourth-order valence-electron chi connectivity index (χ4n) is 4.87. The molecule has 2 saturated heterocycles. The number of hydrazine groups is 1. The molecule has 13 heteroatoms. The monoisotopic (exact) mass is 557 g/mol. The van der Waals surface area contributed by atoms with E-state index >= 15 is 0 Å². The molecule has 210 valence electrons. The van der Waals surface area contributed by atoms with E-state index in [-0.39, 0.29) is 38.3 Å². The molecule has 2 aromatic carbocycles. The highest BCUT2D eigenvalue weighted by atomic mass is 19.4. The number of fused-ring (bicyclic) bond motifs is 1. The van der Waals surface area contributed by atoms with Crippen LogP contribution in [0.5, 0.6) is 0 Å². The summed E-state index contributed by atoms with van der Waals surface area (Å²) in [4.78, 5) is 54.0. The van der Waals surface area contributed by atoms with Crippen molar-refractivity contribution in [1.29, 1.82) is 0 Å². The molecule has 0 unspecified atom stereocenters. The number of nitrogens with one attached hydrogen (secondary N) is 1. The second kappa shape index (κ2) is 11.7. The highest BCUT2D eigenvalue weighted by Gasteiger charge is 2.51. The van der Waals surface area contributed by atoms with Crippen molar-refractivity contribution in [2.24, 2.45) is 0 Å². The van der Waals surface area contributed by atoms with E-state index in [9.17, 15) is 37.5 Å². The van der Waals surface area contributed by atoms with Crippen molar-refractivity contribution in [3.05, 3.63) is 71.3 Å². The first-order valence-electron chi connectivity index (χ1n) is 12.3. The summed E-state index contributed by atoms with van der Waals surface area (Å²) in [5.41, 5.74) is 0.0274. The van der Waals surface area contributed by atoms with Gasteiger partial charge in [0, 0.05) is 13.1 Å². The number of carboxylic acids is 1. The first-order valence-corrected chi connectivity index (χ1v) is 12.3. The number of urea groups is 1. The van der Waals surface area contributed by atoms with Crippen LogP contribution in [0.25, 0.3) is 0 Å². The maximum Gasteiger partial charge on any atom is 0.416 e. The van der Waals surface area contributed by atoms with Crippen LogP contribution in [0.1, 0.15) is 23.1 Å². The van der Waals surface area contributed by atoms with Gasteiger partial charge in [-0.1, -0.05) is 48.4 Å². The van der Waals surface area contributed by atoms with Crippen LogP contribution in [0.4, 0.5) is 18.0 Å². The van der Waals surface area contributed by atoms with Gasteiger partial charge in [-0.2, -0.15) is 18.2 Å². The Bertz CT molecular complexity index is 1330. The zero-order valence-corrected chi connectivity index (χ0v) is 21.2. The molecule has 0 bridgehead atoms. The van der Waals surface area contributed by atoms with E-state index in [0.717, 1.165) is 27.5 Å². The number of carboxylic acid groups (broad SMARTS) is 1. The van der Waals surface area contributed by atoms with E-state index in [4.69, 9.17) is 6.42 Å². The van der Waals surface area contributed by atoms with Gasteiger partial charge in [0.25, 0.3) is 0 Å². The summed E-state index contributed by atoms with van der Waals surface area (Å²) in [6.07, 6.45) is -1.03. The maximum absolute atomic E-state index is 13.5. The Kier molecular flexibility index (Phi) is 8.29. The molecule has 4 amide bonds. The summed E-state index contributed by atoms with van der Waals surface area (Å²) in [5, 5.41) is 14.8. The van der Waals surface area contributed by atoms with Crippen LogP contribution >= 0.6 is 0 Å². The standard InChI is InChI=1S/C27H26F3N5O5/c1-2-11-33-17-23(36)34-21(13-24(37)38)25(39)32(15-19-9-6-10-20(12-19)27(28,29)30)16-22(34)35(33)26(40)31-14-18-7-4-3-5-8-18/h1,3-10,12,21-22H,11,13-17H2,(H,31,40)(H,37,38)/t21-,22-/m0/s1. The largest absolute Gasteiger partial charge is 0.481 e. The first-order chi connectivity index (χ1) is 19.0. The topological polar surface area (TPSA) is 114 Å². The molecule has 0 saturated carbocycles. The molecule has 2 heterocycles. The lowest BCUT2D eigenvalue weighted by Gasteiger charge is -2.54. The Morgan fingerprint density at radius 3 is 2.42 bits per heavy atom. The number of benzene rings is 2. The SMILES string of the molecule is C#CCN1CC(=O)N2[C@@H](CC(=O)O)C(=O)N(Cc3cccc(C(F)(F)F)c3)C[C@@H]2N1C(=O)NCc1ccccc1. The minimum absolute atomic E-state index is 0.131. The third kappa shape index (κ3) is 6.18. The average Bonchev–Trinajstić information content (AvgIpc) is 2.90. The number of halogens is 3. The molecule has 2 fully saturated rings. The van der Waals surface area contributed by atoms with Crippen molar-refractivity contribution in [2.75, 3.05) is 19.6 Å². The fourth-order valence-corrected chi connectivity index (χ4v) is 4.87. The van der Waals surface area contributed by atoms with E-state index in [2.05, 4.69) is 11.2 Å². The van der Waals surface area contributed by atoms with Gasteiger partial charge >= 0.3 is 18.2 Å². The summed E-state index contributed by atoms with van der Waals surface area (Å²) in [6.45, 7) is -0.967. The molecule has 0 aliphatic carbocycles. The molecule has 40 heavy (non-hydrogen) atoms. The Morgan fingerprint density at radius 2 is 1.77 bits per heavy atom. The van der Waals surface area contributed by atoms with Crippen molar-refractivity contribution in [1.82, 2.24) is 25.1 Å². The van der Waals surface area contributed by atoms with Gasteiger partial charge < -0.3 is 20.2 Å². The predicted molar refractivity (Wildman–Crippen MR) is 134 cm³/mol. The quantitative estimate of drug-likeness (QED) is 0.505. The minimum atomic E-state index is -4.61. The smallest absolute Gasteiger partial charge is 0.416 e. The molecule has 0 radical (unpaired) electrons. The van der Waals surface area contributed by atoms with E-state index in [0.29, 0.717) is 0 Å². The third-order valence-electron chi connectivity index (χ3n) is 6.59. The van der Waals surface area contributed by atoms with Crippen molar-refractivity contribution >= 4 is 23.8 Å². The van der Waals surface area contributed by atoms with Crippen LogP contribution < -0.4 is 5.32 Å². The lowest BCUT2D eigenvalue weighted by atomic mass is 10.0. The highest BCUT2D eigenvalue weighted by Crippen LogP contribution is 2.32. The van der Waals surface area contributed by atoms with E-state index in [1.165, 1.54) is 22.2 Å². The van der Waals surface area contributed by atoms with Crippen LogP contribution in [0.3, 0.4) is 0 Å². The number of amides is 4. The van der Waals surface area contributed by atoms with Gasteiger partial charge in [-0.25, -0.2) is 9.80 Å². The summed E-state index contributed by atoms with van der Waals surface area (Å²) >= 11 is 0. The molecule has 2 atom stereocenters. The number of alkyl halides is 3. The van der Waals surface area contributed by atoms with E-state index in [1.54, 1.807) is 24.3 Å². The summed E-state index contributed by atoms with van der Waals surface area (Å²) in [5.74, 6) is -0.332. The Labute approximate surface area is 227 Å². The Hall–Kier alpha value is -4.57. The summed E-state index contributed by atoms with van der Waals surface area (Å²) < 4.78 is 39.8. The number of hydrogen-bond donors (Lipinski definition) is 2. The van der Waals surface area contributed by atoms with Crippen LogP contribution in [0.2, 0.25) is 0 Å². The Balaban J connectivity index is 1.67. The second-order valence-electron chi connectivity index (χ2n) is 9.33. The molecule has 0 aromatic heterocycles. The van der Waals surface area contributed by atoms with Crippen molar-refractivity contribution in [3.8, 4) is 12.3 Å². The molecule has 0 spiro atoms. The van der Waals surface area contributed by atoms with Crippen molar-refractivity contribution < 1.29 is 37.5 Å². The van der Waals surface area contributed by atoms with Crippen LogP contribution in [0, 0.1) is 12.3 Å². The van der Waals surface area contributed by atoms with E-state index < -0.39 is 54.2 Å². The molecule has 2 aromatic rings. The minimum Gasteiger partial charge on any atom is -0.481 e. The number of carbonyl (C=O) groups excluding carboxylic acids is 3. The summed E-state index contributed by atoms with van der Waals surface area (Å²) in [7, 11) is 0. The van der Waals surface area contributed by atoms with Crippen molar-refractivity contribution in [3.63, 3.8) is 0 Å². The average molecular weight is 558 g/mol. The number of rotatable bonds is 7. The molecule has 2 N–H and O–H groups in total. The highest BCUT2D eigenvalue weighted by molar-refractivity contribution is 5.93. The molecule has 4 rings (SSSR count). The second-order valence-corrected chi connectivity index (χ2v) is 9.33. The van der Waals surface area contributed by atoms with Gasteiger partial charge in [-0.3, -0.25) is 14.4 Å². The van der Waals surface area contributed by atoms with Crippen LogP contribution in [-0.2, 0) is 33.6 Å². The zero-order chi connectivity index (χ0) is 29.0. The lowest BCUT2D eigenvalue weighted by Crippen LogP contribution is -2.76. The fraction of sp³-hybridized carbons (Fsp3) is 0.333. The number of hydrogen-bond acceptors (Lipinski definition) is 5.